The molecule has 4 N–H and O–H groups in total. The molecule has 0 saturated carbocycles. The number of carbonyl (C=O) groups is 4. The van der Waals surface area contributed by atoms with Crippen LogP contribution in [0, 0.1) is 25.2 Å². The number of anilines is 1. The van der Waals surface area contributed by atoms with Crippen molar-refractivity contribution >= 4 is 29.5 Å². The van der Waals surface area contributed by atoms with Gasteiger partial charge in [-0.3, -0.25) is 14.4 Å². The van der Waals surface area contributed by atoms with Crippen LogP contribution in [0.25, 0.3) is 0 Å². The lowest BCUT2D eigenvalue weighted by Gasteiger charge is -2.34. The van der Waals surface area contributed by atoms with Gasteiger partial charge in [-0.05, 0) is 82.0 Å². The number of primary amides is 1. The summed E-state index contributed by atoms with van der Waals surface area (Å²) in [6.07, 6.45) is -1.27. The molecule has 2 aromatic rings. The molecule has 214 valence electrons. The minimum Gasteiger partial charge on any atom is -0.497 e. The van der Waals surface area contributed by atoms with E-state index in [0.29, 0.717) is 17.0 Å². The number of hydrogen-bond donors (Lipinski definition) is 3. The molecular formula is C29H37N5O6. The van der Waals surface area contributed by atoms with Crippen molar-refractivity contribution in [3.8, 4) is 11.8 Å². The fraction of sp³-hybridized carbons (Fsp3) is 0.414. The Labute approximate surface area is 234 Å². The molecule has 0 spiro atoms. The van der Waals surface area contributed by atoms with E-state index in [-0.39, 0.29) is 12.8 Å². The van der Waals surface area contributed by atoms with Crippen LogP contribution in [0.1, 0.15) is 56.3 Å². The molecule has 0 aliphatic rings. The molecule has 0 heterocycles. The molecule has 0 bridgehead atoms. The van der Waals surface area contributed by atoms with Gasteiger partial charge in [0, 0.05) is 12.1 Å². The Bertz CT molecular complexity index is 1240. The van der Waals surface area contributed by atoms with Crippen molar-refractivity contribution in [1.29, 1.82) is 5.26 Å². The van der Waals surface area contributed by atoms with Crippen molar-refractivity contribution in [2.75, 3.05) is 19.0 Å². The van der Waals surface area contributed by atoms with Gasteiger partial charge >= 0.3 is 6.09 Å². The summed E-state index contributed by atoms with van der Waals surface area (Å²) in [6.45, 7) is 8.11. The average molecular weight is 552 g/mol. The van der Waals surface area contributed by atoms with Gasteiger partial charge in [-0.1, -0.05) is 18.2 Å². The van der Waals surface area contributed by atoms with Gasteiger partial charge in [0.1, 0.15) is 30.0 Å². The lowest BCUT2D eigenvalue weighted by atomic mass is 9.93. The monoisotopic (exact) mass is 551 g/mol. The van der Waals surface area contributed by atoms with Crippen molar-refractivity contribution in [3.63, 3.8) is 0 Å². The van der Waals surface area contributed by atoms with Crippen molar-refractivity contribution < 1.29 is 28.7 Å². The number of nitrogens with one attached hydrogen (secondary N) is 2. The number of ether oxygens (including phenoxy) is 2. The molecule has 11 heteroatoms. The zero-order valence-corrected chi connectivity index (χ0v) is 23.7. The minimum atomic E-state index is -1.30. The smallest absolute Gasteiger partial charge is 0.408 e. The molecule has 0 radical (unpaired) electrons. The van der Waals surface area contributed by atoms with Crippen LogP contribution in [0.4, 0.5) is 10.5 Å². The first-order valence-corrected chi connectivity index (χ1v) is 12.7. The second-order valence-corrected chi connectivity index (χ2v) is 10.3. The maximum Gasteiger partial charge on any atom is 0.408 e. The Morgan fingerprint density at radius 1 is 1.05 bits per heavy atom. The highest BCUT2D eigenvalue weighted by Crippen LogP contribution is 2.30. The topological polar surface area (TPSA) is 164 Å². The van der Waals surface area contributed by atoms with Crippen LogP contribution < -0.4 is 21.1 Å². The summed E-state index contributed by atoms with van der Waals surface area (Å²) < 4.78 is 10.5. The van der Waals surface area contributed by atoms with Crippen LogP contribution in [0.3, 0.4) is 0 Å². The number of rotatable bonds is 11. The van der Waals surface area contributed by atoms with Gasteiger partial charge in [-0.2, -0.15) is 5.26 Å². The first-order chi connectivity index (χ1) is 18.8. The highest BCUT2D eigenvalue weighted by atomic mass is 16.6. The van der Waals surface area contributed by atoms with E-state index in [1.54, 1.807) is 71.0 Å². The van der Waals surface area contributed by atoms with E-state index in [2.05, 4.69) is 10.6 Å². The molecule has 4 amide bonds. The summed E-state index contributed by atoms with van der Waals surface area (Å²) in [4.78, 5) is 53.1. The van der Waals surface area contributed by atoms with Gasteiger partial charge in [0.2, 0.25) is 11.8 Å². The van der Waals surface area contributed by atoms with E-state index in [9.17, 15) is 24.4 Å². The summed E-state index contributed by atoms with van der Waals surface area (Å²) in [5.74, 6) is -1.40. The Hall–Kier alpha value is -4.59. The fourth-order valence-electron chi connectivity index (χ4n) is 4.14. The van der Waals surface area contributed by atoms with Crippen molar-refractivity contribution in [2.45, 2.75) is 65.1 Å². The largest absolute Gasteiger partial charge is 0.497 e. The number of methoxy groups -OCH3 is 1. The quantitative estimate of drug-likeness (QED) is 0.360. The number of benzene rings is 2. The number of nitrogens with two attached hydrogens (primary N) is 1. The van der Waals surface area contributed by atoms with Crippen LogP contribution in [0.15, 0.2) is 42.5 Å². The van der Waals surface area contributed by atoms with Gasteiger partial charge in [-0.15, -0.1) is 0 Å². The van der Waals surface area contributed by atoms with Gasteiger partial charge < -0.3 is 30.7 Å². The highest BCUT2D eigenvalue weighted by Gasteiger charge is 2.37. The summed E-state index contributed by atoms with van der Waals surface area (Å²) in [7, 11) is 1.52. The van der Waals surface area contributed by atoms with Crippen molar-refractivity contribution in [2.24, 2.45) is 5.73 Å². The van der Waals surface area contributed by atoms with Crippen LogP contribution >= 0.6 is 0 Å². The predicted molar refractivity (Wildman–Crippen MR) is 149 cm³/mol. The van der Waals surface area contributed by atoms with Crippen molar-refractivity contribution in [1.82, 2.24) is 10.2 Å². The van der Waals surface area contributed by atoms with E-state index < -0.39 is 48.0 Å². The molecule has 2 rings (SSSR count). The molecule has 2 atom stereocenters. The maximum atomic E-state index is 14.0. The summed E-state index contributed by atoms with van der Waals surface area (Å²) >= 11 is 0. The zero-order valence-electron chi connectivity index (χ0n) is 23.7. The van der Waals surface area contributed by atoms with E-state index in [1.807, 2.05) is 12.1 Å². The number of alkyl carbamates (subject to hydrolysis) is 1. The lowest BCUT2D eigenvalue weighted by Crippen LogP contribution is -2.53. The second kappa shape index (κ2) is 14.0. The third kappa shape index (κ3) is 9.01. The molecular weight excluding hydrogens is 514 g/mol. The first-order valence-electron chi connectivity index (χ1n) is 12.7. The number of amides is 4. The number of nitriles is 1. The van der Waals surface area contributed by atoms with Crippen molar-refractivity contribution in [3.05, 3.63) is 59.2 Å². The molecule has 0 saturated heterocycles. The Morgan fingerprint density at radius 2 is 1.65 bits per heavy atom. The van der Waals surface area contributed by atoms with Crippen LogP contribution in [-0.4, -0.2) is 54.0 Å². The van der Waals surface area contributed by atoms with Gasteiger partial charge in [0.05, 0.1) is 13.2 Å². The number of nitrogens with zero attached hydrogens (tertiary/aromatic N) is 2. The lowest BCUT2D eigenvalue weighted by molar-refractivity contribution is -0.140. The van der Waals surface area contributed by atoms with Gasteiger partial charge in [0.15, 0.2) is 0 Å². The van der Waals surface area contributed by atoms with E-state index in [1.165, 1.54) is 7.11 Å². The Balaban J connectivity index is 2.57. The van der Waals surface area contributed by atoms with Crippen LogP contribution in [-0.2, 0) is 19.1 Å². The number of aryl methyl sites for hydroxylation is 2. The maximum absolute atomic E-state index is 14.0. The van der Waals surface area contributed by atoms with E-state index in [0.717, 1.165) is 16.0 Å². The zero-order chi connectivity index (χ0) is 30.0. The van der Waals surface area contributed by atoms with Crippen LogP contribution in [0.2, 0.25) is 0 Å². The fourth-order valence-corrected chi connectivity index (χ4v) is 4.14. The van der Waals surface area contributed by atoms with E-state index >= 15 is 0 Å². The summed E-state index contributed by atoms with van der Waals surface area (Å²) in [5, 5.41) is 15.0. The third-order valence-electron chi connectivity index (χ3n) is 5.93. The number of hydrogen-bond acceptors (Lipinski definition) is 7. The Kier molecular flexibility index (Phi) is 11.1. The SMILES string of the molecule is COc1ccc(NC(=O)C(c2c(C)cccc2C)N(CC#N)C(=O)C(CCC(N)=O)NC(=O)OC(C)(C)C)cc1. The van der Waals surface area contributed by atoms with Gasteiger partial charge in [0.25, 0.3) is 5.91 Å². The third-order valence-corrected chi connectivity index (χ3v) is 5.93. The minimum absolute atomic E-state index is 0.158. The molecule has 2 aromatic carbocycles. The molecule has 0 aliphatic carbocycles. The predicted octanol–water partition coefficient (Wildman–Crippen LogP) is 3.50. The average Bonchev–Trinajstić information content (AvgIpc) is 2.86. The normalized spacial score (nSPS) is 12.3. The second-order valence-electron chi connectivity index (χ2n) is 10.3. The summed E-state index contributed by atoms with van der Waals surface area (Å²) in [6, 6.07) is 11.5. The standard InChI is InChI=1S/C29H37N5O6/c1-18-8-7-9-19(2)24(18)25(26(36)32-20-10-12-21(39-6)13-11-20)34(17-16-30)27(37)22(14-15-23(31)35)33-28(38)40-29(3,4)5/h7-13,22,25H,14-15,17H2,1-6H3,(H2,31,35)(H,32,36)(H,33,38). The molecule has 11 nitrogen and oxygen atoms in total. The highest BCUT2D eigenvalue weighted by molar-refractivity contribution is 5.99. The summed E-state index contributed by atoms with van der Waals surface area (Å²) in [5.41, 5.74) is 6.89. The Morgan fingerprint density at radius 3 is 2.15 bits per heavy atom. The molecule has 0 fully saturated rings. The van der Waals surface area contributed by atoms with Crippen LogP contribution in [0.5, 0.6) is 5.75 Å². The molecule has 0 aromatic heterocycles. The molecule has 0 aliphatic heterocycles. The van der Waals surface area contributed by atoms with Gasteiger partial charge in [-0.25, -0.2) is 4.79 Å². The number of carbonyl (C=O) groups excluding carboxylic acids is 4. The molecule has 40 heavy (non-hydrogen) atoms. The van der Waals surface area contributed by atoms with E-state index in [4.69, 9.17) is 15.2 Å². The molecule has 2 unspecified atom stereocenters. The first kappa shape index (κ1) is 31.6.